The van der Waals surface area contributed by atoms with E-state index < -0.39 is 0 Å². The van der Waals surface area contributed by atoms with Crippen LogP contribution in [0.5, 0.6) is 0 Å². The summed E-state index contributed by atoms with van der Waals surface area (Å²) in [4.78, 5) is 11.9. The average molecular weight is 467 g/mol. The Labute approximate surface area is 202 Å². The molecule has 6 nitrogen and oxygen atoms in total. The third-order valence-corrected chi connectivity index (χ3v) is 6.53. The van der Waals surface area contributed by atoms with E-state index in [0.29, 0.717) is 28.8 Å². The predicted molar refractivity (Wildman–Crippen MR) is 137 cm³/mol. The molecule has 2 aromatic carbocycles. The molecular formula is C27H22N4O2S. The van der Waals surface area contributed by atoms with Crippen molar-refractivity contribution in [3.8, 4) is 22.9 Å². The Morgan fingerprint density at radius 1 is 0.853 bits per heavy atom. The van der Waals surface area contributed by atoms with Crippen molar-refractivity contribution >= 4 is 34.1 Å². The van der Waals surface area contributed by atoms with Gasteiger partial charge < -0.3 is 19.1 Å². The van der Waals surface area contributed by atoms with Gasteiger partial charge in [-0.3, -0.25) is 0 Å². The second-order valence-corrected chi connectivity index (χ2v) is 8.74. The van der Waals surface area contributed by atoms with Crippen LogP contribution in [0.3, 0.4) is 0 Å². The van der Waals surface area contributed by atoms with Gasteiger partial charge in [-0.05, 0) is 66.7 Å². The molecule has 0 saturated carbocycles. The number of furan rings is 2. The molecular weight excluding hydrogens is 444 g/mol. The molecule has 3 aromatic heterocycles. The van der Waals surface area contributed by atoms with Crippen LogP contribution >= 0.6 is 12.2 Å². The molecule has 1 fully saturated rings. The number of anilines is 1. The van der Waals surface area contributed by atoms with Gasteiger partial charge in [-0.1, -0.05) is 30.3 Å². The monoisotopic (exact) mass is 466 g/mol. The second-order valence-electron chi connectivity index (χ2n) is 8.35. The first-order valence-corrected chi connectivity index (χ1v) is 11.7. The van der Waals surface area contributed by atoms with Crippen LogP contribution in [0.4, 0.5) is 5.69 Å². The number of likely N-dealkylation sites (tertiary alicyclic amines) is 1. The minimum atomic E-state index is 0.499. The zero-order valence-electron chi connectivity index (χ0n) is 18.3. The highest BCUT2D eigenvalue weighted by atomic mass is 32.1. The first-order valence-electron chi connectivity index (χ1n) is 11.2. The topological polar surface area (TPSA) is 67.3 Å². The van der Waals surface area contributed by atoms with E-state index in [2.05, 4.69) is 40.5 Å². The standard InChI is InChI=1S/C27H22N4O2S/c34-27(31-13-12-19(17-31)18-6-2-1-3-7-18)28-20-10-11-21-22(16-20)30-26(24-9-5-15-33-24)25(29-21)23-8-4-14-32-23/h1-11,14-16,19H,12-13,17H2,(H,28,34)/t19-/m0/s1. The maximum absolute atomic E-state index is 5.74. The minimum absolute atomic E-state index is 0.499. The smallest absolute Gasteiger partial charge is 0.173 e. The highest BCUT2D eigenvalue weighted by Gasteiger charge is 2.25. The minimum Gasteiger partial charge on any atom is -0.463 e. The number of hydrogen-bond acceptors (Lipinski definition) is 5. The molecule has 1 saturated heterocycles. The number of nitrogens with one attached hydrogen (secondary N) is 1. The zero-order chi connectivity index (χ0) is 22.9. The molecule has 7 heteroatoms. The molecule has 0 spiro atoms. The van der Waals surface area contributed by atoms with Crippen molar-refractivity contribution in [1.82, 2.24) is 14.9 Å². The molecule has 0 amide bonds. The fourth-order valence-corrected chi connectivity index (χ4v) is 4.73. The Hall–Kier alpha value is -3.97. The van der Waals surface area contributed by atoms with E-state index in [-0.39, 0.29) is 0 Å². The normalized spacial score (nSPS) is 15.6. The fraction of sp³-hybridized carbons (Fsp3) is 0.148. The Balaban J connectivity index is 1.26. The van der Waals surface area contributed by atoms with Crippen molar-refractivity contribution in [3.63, 3.8) is 0 Å². The Morgan fingerprint density at radius 3 is 2.24 bits per heavy atom. The van der Waals surface area contributed by atoms with Crippen molar-refractivity contribution in [2.24, 2.45) is 0 Å². The number of nitrogens with zero attached hydrogens (tertiary/aromatic N) is 3. The number of fused-ring (bicyclic) bond motifs is 1. The van der Waals surface area contributed by atoms with Crippen molar-refractivity contribution in [2.45, 2.75) is 12.3 Å². The van der Waals surface area contributed by atoms with Crippen molar-refractivity contribution in [3.05, 3.63) is 90.9 Å². The van der Waals surface area contributed by atoms with E-state index in [1.54, 1.807) is 12.5 Å². The van der Waals surface area contributed by atoms with Gasteiger partial charge in [-0.25, -0.2) is 9.97 Å². The molecule has 4 heterocycles. The van der Waals surface area contributed by atoms with Gasteiger partial charge in [0.05, 0.1) is 23.6 Å². The maximum Gasteiger partial charge on any atom is 0.173 e. The van der Waals surface area contributed by atoms with Crippen LogP contribution < -0.4 is 5.32 Å². The number of aromatic nitrogens is 2. The first-order chi connectivity index (χ1) is 16.7. The molecule has 34 heavy (non-hydrogen) atoms. The molecule has 1 N–H and O–H groups in total. The summed E-state index contributed by atoms with van der Waals surface area (Å²) in [5.74, 6) is 1.78. The molecule has 168 valence electrons. The molecule has 0 unspecified atom stereocenters. The lowest BCUT2D eigenvalue weighted by Gasteiger charge is -2.21. The van der Waals surface area contributed by atoms with E-state index in [1.807, 2.05) is 42.5 Å². The summed E-state index contributed by atoms with van der Waals surface area (Å²) >= 11 is 5.74. The second kappa shape index (κ2) is 8.76. The highest BCUT2D eigenvalue weighted by molar-refractivity contribution is 7.80. The van der Waals surface area contributed by atoms with Gasteiger partial charge >= 0.3 is 0 Å². The summed E-state index contributed by atoms with van der Waals surface area (Å²) < 4.78 is 11.2. The Bertz CT molecular complexity index is 1430. The summed E-state index contributed by atoms with van der Waals surface area (Å²) in [6.07, 6.45) is 4.35. The van der Waals surface area contributed by atoms with Gasteiger partial charge in [0.25, 0.3) is 0 Å². The van der Waals surface area contributed by atoms with E-state index in [0.717, 1.165) is 41.3 Å². The SMILES string of the molecule is S=C(Nc1ccc2nc(-c3ccco3)c(-c3ccco3)nc2c1)N1CC[C@H](c2ccccc2)C1. The predicted octanol–water partition coefficient (Wildman–Crippen LogP) is 6.34. The number of thiocarbonyl (C=S) groups is 1. The van der Waals surface area contributed by atoms with Crippen molar-refractivity contribution in [2.75, 3.05) is 18.4 Å². The van der Waals surface area contributed by atoms with E-state index in [1.165, 1.54) is 5.56 Å². The molecule has 0 bridgehead atoms. The molecule has 1 atom stereocenters. The van der Waals surface area contributed by atoms with E-state index >= 15 is 0 Å². The zero-order valence-corrected chi connectivity index (χ0v) is 19.2. The van der Waals surface area contributed by atoms with Gasteiger partial charge in [-0.15, -0.1) is 0 Å². The lowest BCUT2D eigenvalue weighted by atomic mass is 9.99. The lowest BCUT2D eigenvalue weighted by Crippen LogP contribution is -2.32. The molecule has 0 aliphatic carbocycles. The molecule has 1 aliphatic rings. The number of rotatable bonds is 4. The highest BCUT2D eigenvalue weighted by Crippen LogP contribution is 2.32. The van der Waals surface area contributed by atoms with Crippen LogP contribution in [0.15, 0.2) is 94.2 Å². The fourth-order valence-electron chi connectivity index (χ4n) is 4.45. The van der Waals surface area contributed by atoms with Crippen LogP contribution in [-0.2, 0) is 0 Å². The lowest BCUT2D eigenvalue weighted by molar-refractivity contribution is 0.518. The van der Waals surface area contributed by atoms with Gasteiger partial charge in [-0.2, -0.15) is 0 Å². The van der Waals surface area contributed by atoms with Crippen LogP contribution in [0.2, 0.25) is 0 Å². The summed E-state index contributed by atoms with van der Waals surface area (Å²) in [7, 11) is 0. The molecule has 0 radical (unpaired) electrons. The van der Waals surface area contributed by atoms with E-state index in [9.17, 15) is 0 Å². The summed E-state index contributed by atoms with van der Waals surface area (Å²) in [6.45, 7) is 1.85. The average Bonchev–Trinajstić information content (AvgIpc) is 3.66. The maximum atomic E-state index is 5.74. The third kappa shape index (κ3) is 3.95. The van der Waals surface area contributed by atoms with Crippen molar-refractivity contribution < 1.29 is 8.83 Å². The van der Waals surface area contributed by atoms with Crippen LogP contribution in [-0.4, -0.2) is 33.1 Å². The van der Waals surface area contributed by atoms with E-state index in [4.69, 9.17) is 31.0 Å². The van der Waals surface area contributed by atoms with Crippen LogP contribution in [0.1, 0.15) is 17.9 Å². The Morgan fingerprint density at radius 2 is 1.56 bits per heavy atom. The van der Waals surface area contributed by atoms with Crippen LogP contribution in [0.25, 0.3) is 33.9 Å². The molecule has 6 rings (SSSR count). The quantitative estimate of drug-likeness (QED) is 0.310. The van der Waals surface area contributed by atoms with Gasteiger partial charge in [0, 0.05) is 24.7 Å². The largest absolute Gasteiger partial charge is 0.463 e. The van der Waals surface area contributed by atoms with Gasteiger partial charge in [0.2, 0.25) is 0 Å². The Kier molecular flexibility index (Phi) is 5.31. The van der Waals surface area contributed by atoms with Crippen LogP contribution in [0, 0.1) is 0 Å². The van der Waals surface area contributed by atoms with Crippen molar-refractivity contribution in [1.29, 1.82) is 0 Å². The van der Waals surface area contributed by atoms with Gasteiger partial charge in [0.1, 0.15) is 11.4 Å². The first kappa shape index (κ1) is 20.6. The number of benzene rings is 2. The third-order valence-electron chi connectivity index (χ3n) is 6.17. The summed E-state index contributed by atoms with van der Waals surface area (Å²) in [5, 5.41) is 4.12. The summed E-state index contributed by atoms with van der Waals surface area (Å²) in [6, 6.07) is 23.9. The van der Waals surface area contributed by atoms with Gasteiger partial charge in [0.15, 0.2) is 16.6 Å². The number of hydrogen-bond donors (Lipinski definition) is 1. The molecule has 5 aromatic rings. The summed E-state index contributed by atoms with van der Waals surface area (Å²) in [5.41, 5.74) is 5.05. The molecule has 1 aliphatic heterocycles.